The van der Waals surface area contributed by atoms with Crippen molar-refractivity contribution in [3.8, 4) is 0 Å². The average Bonchev–Trinajstić information content (AvgIpc) is 2.81. The number of nitrogens with one attached hydrogen (secondary N) is 1. The van der Waals surface area contributed by atoms with Gasteiger partial charge >= 0.3 is 0 Å². The number of unbranched alkanes of at least 4 members (excludes halogenated alkanes) is 4. The van der Waals surface area contributed by atoms with Crippen LogP contribution in [0.25, 0.3) is 0 Å². The minimum absolute atomic E-state index is 0.586. The lowest BCUT2D eigenvalue weighted by atomic mass is 10.0. The molecule has 1 aromatic rings. The summed E-state index contributed by atoms with van der Waals surface area (Å²) in [6.07, 6.45) is 14.3. The zero-order chi connectivity index (χ0) is 13.9. The molecule has 19 heavy (non-hydrogen) atoms. The van der Waals surface area contributed by atoms with Gasteiger partial charge in [-0.15, -0.1) is 0 Å². The fourth-order valence-corrected chi connectivity index (χ4v) is 2.43. The van der Waals surface area contributed by atoms with Crippen LogP contribution in [0.15, 0.2) is 12.4 Å². The molecule has 0 amide bonds. The third kappa shape index (κ3) is 6.76. The van der Waals surface area contributed by atoms with Gasteiger partial charge in [0.1, 0.15) is 5.82 Å². The molecule has 3 nitrogen and oxygen atoms in total. The maximum Gasteiger partial charge on any atom is 0.109 e. The van der Waals surface area contributed by atoms with E-state index in [-0.39, 0.29) is 0 Å². The van der Waals surface area contributed by atoms with Crippen LogP contribution in [-0.2, 0) is 13.5 Å². The summed E-state index contributed by atoms with van der Waals surface area (Å²) in [4.78, 5) is 4.44. The molecule has 0 saturated heterocycles. The fraction of sp³-hybridized carbons (Fsp3) is 0.812. The lowest BCUT2D eigenvalue weighted by molar-refractivity contribution is 0.441. The molecule has 0 fully saturated rings. The minimum Gasteiger partial charge on any atom is -0.338 e. The Bertz CT molecular complexity index is 320. The molecule has 0 aliphatic carbocycles. The van der Waals surface area contributed by atoms with E-state index in [2.05, 4.69) is 35.8 Å². The van der Waals surface area contributed by atoms with E-state index in [1.54, 1.807) is 0 Å². The van der Waals surface area contributed by atoms with E-state index in [9.17, 15) is 0 Å². The number of hydrogen-bond donors (Lipinski definition) is 1. The van der Waals surface area contributed by atoms with Crippen LogP contribution < -0.4 is 5.32 Å². The Balaban J connectivity index is 2.32. The lowest BCUT2D eigenvalue weighted by Crippen LogP contribution is -2.32. The standard InChI is InChI=1S/C16H31N3/c1-4-6-7-8-9-10-15(17-11-5-2)14-16-18-12-13-19(16)3/h12-13,15,17H,4-11,14H2,1-3H3. The first kappa shape index (κ1) is 16.2. The molecule has 0 spiro atoms. The molecular formula is C16H31N3. The third-order valence-electron chi connectivity index (χ3n) is 3.69. The second-order valence-electron chi connectivity index (χ2n) is 5.51. The molecule has 110 valence electrons. The van der Waals surface area contributed by atoms with Gasteiger partial charge in [0.25, 0.3) is 0 Å². The summed E-state index contributed by atoms with van der Waals surface area (Å²) in [6.45, 7) is 5.61. The molecule has 1 N–H and O–H groups in total. The first-order valence-electron chi connectivity index (χ1n) is 7.97. The average molecular weight is 265 g/mol. The summed E-state index contributed by atoms with van der Waals surface area (Å²) >= 11 is 0. The van der Waals surface area contributed by atoms with Gasteiger partial charge in [-0.05, 0) is 19.4 Å². The molecule has 1 rings (SSSR count). The molecule has 1 unspecified atom stereocenters. The van der Waals surface area contributed by atoms with Gasteiger partial charge < -0.3 is 9.88 Å². The van der Waals surface area contributed by atoms with Crippen molar-refractivity contribution in [1.82, 2.24) is 14.9 Å². The second-order valence-corrected chi connectivity index (χ2v) is 5.51. The van der Waals surface area contributed by atoms with Crippen LogP contribution in [-0.4, -0.2) is 22.1 Å². The normalized spacial score (nSPS) is 12.8. The Labute approximate surface area is 118 Å². The summed E-state index contributed by atoms with van der Waals surface area (Å²) in [6, 6.07) is 0.586. The SMILES string of the molecule is CCCCCCCC(Cc1nccn1C)NCCC. The molecule has 0 aliphatic heterocycles. The predicted molar refractivity (Wildman–Crippen MR) is 82.4 cm³/mol. The zero-order valence-corrected chi connectivity index (χ0v) is 13.0. The van der Waals surface area contributed by atoms with Crippen molar-refractivity contribution in [3.63, 3.8) is 0 Å². The van der Waals surface area contributed by atoms with E-state index < -0.39 is 0 Å². The molecule has 0 saturated carbocycles. The van der Waals surface area contributed by atoms with Crippen molar-refractivity contribution in [2.24, 2.45) is 7.05 Å². The first-order chi connectivity index (χ1) is 9.27. The molecule has 0 radical (unpaired) electrons. The van der Waals surface area contributed by atoms with Crippen LogP contribution in [0.5, 0.6) is 0 Å². The highest BCUT2D eigenvalue weighted by molar-refractivity contribution is 4.94. The summed E-state index contributed by atoms with van der Waals surface area (Å²) < 4.78 is 2.14. The highest BCUT2D eigenvalue weighted by Crippen LogP contribution is 2.10. The Morgan fingerprint density at radius 2 is 1.95 bits per heavy atom. The first-order valence-corrected chi connectivity index (χ1v) is 7.97. The largest absolute Gasteiger partial charge is 0.338 e. The summed E-state index contributed by atoms with van der Waals surface area (Å²) in [7, 11) is 2.08. The van der Waals surface area contributed by atoms with Crippen LogP contribution in [0, 0.1) is 0 Å². The van der Waals surface area contributed by atoms with E-state index in [1.807, 2.05) is 12.4 Å². The van der Waals surface area contributed by atoms with E-state index in [1.165, 1.54) is 50.8 Å². The molecule has 1 atom stereocenters. The summed E-state index contributed by atoms with van der Waals surface area (Å²) in [5, 5.41) is 3.67. The van der Waals surface area contributed by atoms with Crippen LogP contribution in [0.4, 0.5) is 0 Å². The van der Waals surface area contributed by atoms with Crippen LogP contribution in [0.1, 0.15) is 64.6 Å². The predicted octanol–water partition coefficient (Wildman–Crippen LogP) is 3.69. The Kier molecular flexibility index (Phi) is 8.55. The lowest BCUT2D eigenvalue weighted by Gasteiger charge is -2.18. The number of imidazole rings is 1. The second kappa shape index (κ2) is 10.0. The van der Waals surface area contributed by atoms with Crippen molar-refractivity contribution in [3.05, 3.63) is 18.2 Å². The van der Waals surface area contributed by atoms with E-state index in [0.717, 1.165) is 13.0 Å². The van der Waals surface area contributed by atoms with Gasteiger partial charge in [-0.2, -0.15) is 0 Å². The maximum absolute atomic E-state index is 4.44. The maximum atomic E-state index is 4.44. The van der Waals surface area contributed by atoms with Crippen molar-refractivity contribution in [2.45, 2.75) is 71.3 Å². The number of rotatable bonds is 11. The van der Waals surface area contributed by atoms with Crippen molar-refractivity contribution >= 4 is 0 Å². The number of aryl methyl sites for hydroxylation is 1. The quantitative estimate of drug-likeness (QED) is 0.618. The molecule has 1 aromatic heterocycles. The fourth-order valence-electron chi connectivity index (χ4n) is 2.43. The van der Waals surface area contributed by atoms with Gasteiger partial charge in [-0.3, -0.25) is 0 Å². The van der Waals surface area contributed by atoms with E-state index in [0.29, 0.717) is 6.04 Å². The smallest absolute Gasteiger partial charge is 0.109 e. The molecule has 3 heteroatoms. The Morgan fingerprint density at radius 3 is 2.58 bits per heavy atom. The van der Waals surface area contributed by atoms with Gasteiger partial charge in [0.2, 0.25) is 0 Å². The van der Waals surface area contributed by atoms with Crippen molar-refractivity contribution in [2.75, 3.05) is 6.54 Å². The molecule has 0 aromatic carbocycles. The minimum atomic E-state index is 0.586. The monoisotopic (exact) mass is 265 g/mol. The highest BCUT2D eigenvalue weighted by atomic mass is 15.0. The van der Waals surface area contributed by atoms with Crippen LogP contribution in [0.2, 0.25) is 0 Å². The number of nitrogens with zero attached hydrogens (tertiary/aromatic N) is 2. The van der Waals surface area contributed by atoms with Crippen molar-refractivity contribution < 1.29 is 0 Å². The molecule has 0 aliphatic rings. The molecular weight excluding hydrogens is 234 g/mol. The third-order valence-corrected chi connectivity index (χ3v) is 3.69. The van der Waals surface area contributed by atoms with E-state index in [4.69, 9.17) is 0 Å². The van der Waals surface area contributed by atoms with Crippen LogP contribution >= 0.6 is 0 Å². The van der Waals surface area contributed by atoms with Gasteiger partial charge in [-0.25, -0.2) is 4.98 Å². The molecule has 0 bridgehead atoms. The van der Waals surface area contributed by atoms with Gasteiger partial charge in [0.05, 0.1) is 0 Å². The van der Waals surface area contributed by atoms with Gasteiger partial charge in [0, 0.05) is 31.9 Å². The highest BCUT2D eigenvalue weighted by Gasteiger charge is 2.11. The summed E-state index contributed by atoms with van der Waals surface area (Å²) in [5.74, 6) is 1.20. The summed E-state index contributed by atoms with van der Waals surface area (Å²) in [5.41, 5.74) is 0. The zero-order valence-electron chi connectivity index (χ0n) is 13.0. The van der Waals surface area contributed by atoms with Crippen molar-refractivity contribution in [1.29, 1.82) is 0 Å². The topological polar surface area (TPSA) is 29.9 Å². The number of aromatic nitrogens is 2. The van der Waals surface area contributed by atoms with Gasteiger partial charge in [0.15, 0.2) is 0 Å². The van der Waals surface area contributed by atoms with Crippen LogP contribution in [0.3, 0.4) is 0 Å². The Morgan fingerprint density at radius 1 is 1.16 bits per heavy atom. The number of hydrogen-bond acceptors (Lipinski definition) is 2. The molecule has 1 heterocycles. The Hall–Kier alpha value is -0.830. The van der Waals surface area contributed by atoms with E-state index >= 15 is 0 Å². The van der Waals surface area contributed by atoms with Gasteiger partial charge in [-0.1, -0.05) is 46.0 Å².